The zero-order valence-electron chi connectivity index (χ0n) is 14.2. The van der Waals surface area contributed by atoms with Gasteiger partial charge in [-0.15, -0.1) is 21.5 Å². The number of rotatable bonds is 8. The second-order valence-electron chi connectivity index (χ2n) is 5.46. The highest BCUT2D eigenvalue weighted by Gasteiger charge is 2.14. The second-order valence-corrected chi connectivity index (χ2v) is 7.35. The van der Waals surface area contributed by atoms with E-state index in [-0.39, 0.29) is 11.7 Å². The number of aryl methyl sites for hydroxylation is 1. The summed E-state index contributed by atoms with van der Waals surface area (Å²) in [7, 11) is 0. The molecule has 0 saturated carbocycles. The highest BCUT2D eigenvalue weighted by Crippen LogP contribution is 2.24. The molecule has 0 fully saturated rings. The lowest BCUT2D eigenvalue weighted by Gasteiger charge is -2.08. The number of nitrogens with two attached hydrogens (primary N) is 1. The Labute approximate surface area is 159 Å². The monoisotopic (exact) mass is 389 g/mol. The van der Waals surface area contributed by atoms with E-state index in [4.69, 9.17) is 10.6 Å². The molecule has 0 radical (unpaired) electrons. The van der Waals surface area contributed by atoms with E-state index in [9.17, 15) is 4.79 Å². The molecular weight excluding hydrogens is 370 g/mol. The van der Waals surface area contributed by atoms with Gasteiger partial charge in [0.1, 0.15) is 12.4 Å². The number of nitrogens with zero attached hydrogens (tertiary/aromatic N) is 3. The van der Waals surface area contributed by atoms with Gasteiger partial charge in [-0.25, -0.2) is 4.68 Å². The van der Waals surface area contributed by atoms with Crippen molar-refractivity contribution in [3.05, 3.63) is 47.3 Å². The summed E-state index contributed by atoms with van der Waals surface area (Å²) in [5.74, 6) is 7.50. The van der Waals surface area contributed by atoms with Gasteiger partial charge in [0.15, 0.2) is 5.82 Å². The average molecular weight is 390 g/mol. The predicted octanol–water partition coefficient (Wildman–Crippen LogP) is 2.32. The third-order valence-corrected chi connectivity index (χ3v) is 5.23. The molecule has 7 nitrogen and oxygen atoms in total. The van der Waals surface area contributed by atoms with Gasteiger partial charge in [0, 0.05) is 0 Å². The van der Waals surface area contributed by atoms with Crippen LogP contribution < -0.4 is 15.9 Å². The van der Waals surface area contributed by atoms with Crippen LogP contribution in [0.3, 0.4) is 0 Å². The second kappa shape index (κ2) is 8.72. The van der Waals surface area contributed by atoms with Gasteiger partial charge in [0.2, 0.25) is 11.1 Å². The number of hydrogen-bond acceptors (Lipinski definition) is 7. The fourth-order valence-electron chi connectivity index (χ4n) is 2.19. The molecule has 3 aromatic rings. The molecule has 0 spiro atoms. The van der Waals surface area contributed by atoms with Crippen molar-refractivity contribution in [2.45, 2.75) is 12.1 Å². The van der Waals surface area contributed by atoms with Gasteiger partial charge in [-0.1, -0.05) is 30.0 Å². The Morgan fingerprint density at radius 2 is 2.23 bits per heavy atom. The fraction of sp³-hybridized carbons (Fsp3) is 0.235. The first-order valence-corrected chi connectivity index (χ1v) is 9.83. The normalized spacial score (nSPS) is 10.7. The molecule has 26 heavy (non-hydrogen) atoms. The van der Waals surface area contributed by atoms with Crippen LogP contribution in [0.15, 0.2) is 46.9 Å². The van der Waals surface area contributed by atoms with Gasteiger partial charge in [0.05, 0.1) is 17.2 Å². The Morgan fingerprint density at radius 3 is 3.00 bits per heavy atom. The summed E-state index contributed by atoms with van der Waals surface area (Å²) >= 11 is 2.78. The highest BCUT2D eigenvalue weighted by atomic mass is 32.2. The zero-order valence-corrected chi connectivity index (χ0v) is 15.8. The Morgan fingerprint density at radius 1 is 1.35 bits per heavy atom. The maximum Gasteiger partial charge on any atom is 0.230 e. The number of nitrogen functional groups attached to an aromatic ring is 1. The number of carbonyl (C=O) groups is 1. The minimum Gasteiger partial charge on any atom is -0.492 e. The number of ether oxygens (including phenoxy) is 1. The number of hydrogen-bond donors (Lipinski definition) is 2. The van der Waals surface area contributed by atoms with E-state index >= 15 is 0 Å². The van der Waals surface area contributed by atoms with E-state index in [1.165, 1.54) is 27.8 Å². The van der Waals surface area contributed by atoms with Gasteiger partial charge >= 0.3 is 0 Å². The third-order valence-electron chi connectivity index (χ3n) is 3.42. The van der Waals surface area contributed by atoms with Gasteiger partial charge in [-0.3, -0.25) is 4.79 Å². The number of carbonyl (C=O) groups excluding carboxylic acids is 1. The number of amides is 1. The van der Waals surface area contributed by atoms with Gasteiger partial charge < -0.3 is 15.9 Å². The van der Waals surface area contributed by atoms with Gasteiger partial charge in [0.25, 0.3) is 0 Å². The third kappa shape index (κ3) is 4.77. The number of thiophene rings is 1. The topological polar surface area (TPSA) is 95.1 Å². The minimum atomic E-state index is -0.108. The lowest BCUT2D eigenvalue weighted by atomic mass is 10.2. The Kier molecular flexibility index (Phi) is 6.13. The van der Waals surface area contributed by atoms with E-state index in [2.05, 4.69) is 15.5 Å². The molecule has 1 amide bonds. The first kappa shape index (κ1) is 18.3. The number of nitrogens with one attached hydrogen (secondary N) is 1. The van der Waals surface area contributed by atoms with Crippen molar-refractivity contribution in [2.24, 2.45) is 0 Å². The van der Waals surface area contributed by atoms with Crippen LogP contribution in [0.2, 0.25) is 0 Å². The standard InChI is InChI=1S/C17H19N5O2S2/c1-12-4-2-5-13(10-12)24-8-7-19-15(23)11-26-17-21-20-16(22(17)18)14-6-3-9-25-14/h2-6,9-10H,7-8,11,18H2,1H3,(H,19,23). The largest absolute Gasteiger partial charge is 0.492 e. The average Bonchev–Trinajstić information content (AvgIpc) is 3.27. The first-order chi connectivity index (χ1) is 12.6. The summed E-state index contributed by atoms with van der Waals surface area (Å²) in [5.41, 5.74) is 1.13. The van der Waals surface area contributed by atoms with E-state index < -0.39 is 0 Å². The molecule has 0 aliphatic rings. The number of benzene rings is 1. The van der Waals surface area contributed by atoms with Crippen molar-refractivity contribution < 1.29 is 9.53 Å². The molecule has 0 aliphatic carbocycles. The molecule has 136 valence electrons. The SMILES string of the molecule is Cc1cccc(OCCNC(=O)CSc2nnc(-c3cccs3)n2N)c1. The molecule has 0 bridgehead atoms. The van der Waals surface area contributed by atoms with E-state index in [0.29, 0.717) is 24.1 Å². The minimum absolute atomic E-state index is 0.108. The van der Waals surface area contributed by atoms with Gasteiger partial charge in [-0.05, 0) is 36.1 Å². The van der Waals surface area contributed by atoms with Gasteiger partial charge in [-0.2, -0.15) is 0 Å². The number of thioether (sulfide) groups is 1. The maximum atomic E-state index is 11.9. The van der Waals surface area contributed by atoms with Crippen molar-refractivity contribution >= 4 is 29.0 Å². The summed E-state index contributed by atoms with van der Waals surface area (Å²) in [5, 5.41) is 13.4. The molecule has 0 aliphatic heterocycles. The molecule has 3 rings (SSSR count). The summed E-state index contributed by atoms with van der Waals surface area (Å²) in [4.78, 5) is 12.9. The van der Waals surface area contributed by atoms with Crippen LogP contribution in [0, 0.1) is 6.92 Å². The summed E-state index contributed by atoms with van der Waals surface area (Å²) in [6.45, 7) is 2.85. The van der Waals surface area contributed by atoms with Crippen LogP contribution in [0.25, 0.3) is 10.7 Å². The molecule has 2 heterocycles. The Bertz CT molecular complexity index is 864. The molecule has 0 unspecified atom stereocenters. The lowest BCUT2D eigenvalue weighted by molar-refractivity contribution is -0.118. The molecule has 0 saturated heterocycles. The Hall–Kier alpha value is -2.52. The van der Waals surface area contributed by atoms with Crippen LogP contribution in [-0.4, -0.2) is 39.7 Å². The predicted molar refractivity (Wildman–Crippen MR) is 104 cm³/mol. The van der Waals surface area contributed by atoms with Crippen LogP contribution >= 0.6 is 23.1 Å². The molecular formula is C17H19N5O2S2. The Balaban J connectivity index is 1.40. The van der Waals surface area contributed by atoms with Crippen LogP contribution in [0.5, 0.6) is 5.75 Å². The molecule has 1 aromatic carbocycles. The summed E-state index contributed by atoms with van der Waals surface area (Å²) in [6.07, 6.45) is 0. The smallest absolute Gasteiger partial charge is 0.230 e. The lowest BCUT2D eigenvalue weighted by Crippen LogP contribution is -2.29. The van der Waals surface area contributed by atoms with Crippen molar-refractivity contribution in [1.82, 2.24) is 20.2 Å². The van der Waals surface area contributed by atoms with E-state index in [1.54, 1.807) is 0 Å². The van der Waals surface area contributed by atoms with Crippen molar-refractivity contribution in [3.63, 3.8) is 0 Å². The van der Waals surface area contributed by atoms with Crippen molar-refractivity contribution in [1.29, 1.82) is 0 Å². The fourth-order valence-corrected chi connectivity index (χ4v) is 3.59. The number of aromatic nitrogens is 3. The molecule has 3 N–H and O–H groups in total. The molecule has 0 atom stereocenters. The summed E-state index contributed by atoms with van der Waals surface area (Å²) < 4.78 is 7.00. The van der Waals surface area contributed by atoms with Crippen LogP contribution in [0.4, 0.5) is 0 Å². The van der Waals surface area contributed by atoms with E-state index in [1.807, 2.05) is 48.7 Å². The highest BCUT2D eigenvalue weighted by molar-refractivity contribution is 7.99. The van der Waals surface area contributed by atoms with E-state index in [0.717, 1.165) is 16.2 Å². The van der Waals surface area contributed by atoms with Crippen LogP contribution in [0.1, 0.15) is 5.56 Å². The van der Waals surface area contributed by atoms with Crippen LogP contribution in [-0.2, 0) is 4.79 Å². The van der Waals surface area contributed by atoms with Crippen molar-refractivity contribution in [2.75, 3.05) is 24.7 Å². The first-order valence-electron chi connectivity index (χ1n) is 7.97. The van der Waals surface area contributed by atoms with Crippen molar-refractivity contribution in [3.8, 4) is 16.5 Å². The molecule has 2 aromatic heterocycles. The maximum absolute atomic E-state index is 11.9. The zero-order chi connectivity index (χ0) is 18.4. The summed E-state index contributed by atoms with van der Waals surface area (Å²) in [6, 6.07) is 11.6. The molecule has 9 heteroatoms. The quantitative estimate of drug-likeness (QED) is 0.349.